The Morgan fingerprint density at radius 3 is 2.92 bits per heavy atom. The Kier molecular flexibility index (Phi) is 3.54. The molecule has 2 aliphatic rings. The number of aliphatic hydroxyl groups excluding tert-OH is 1. The molecule has 1 aromatic carbocycles. The van der Waals surface area contributed by atoms with Gasteiger partial charge in [0.05, 0.1) is 17.5 Å². The topological polar surface area (TPSA) is 98.3 Å². The molecule has 0 amide bonds. The Bertz CT molecular complexity index is 877. The van der Waals surface area contributed by atoms with Crippen molar-refractivity contribution in [2.24, 2.45) is 0 Å². The van der Waals surface area contributed by atoms with Crippen molar-refractivity contribution >= 4 is 27.2 Å². The second-order valence-corrected chi connectivity index (χ2v) is 8.56. The van der Waals surface area contributed by atoms with E-state index in [0.29, 0.717) is 11.7 Å². The van der Waals surface area contributed by atoms with Crippen molar-refractivity contribution in [1.29, 1.82) is 0 Å². The molecule has 1 aliphatic carbocycles. The van der Waals surface area contributed by atoms with Crippen molar-refractivity contribution in [3.63, 3.8) is 0 Å². The van der Waals surface area contributed by atoms with Gasteiger partial charge in [-0.25, -0.2) is 8.42 Å². The van der Waals surface area contributed by atoms with Crippen molar-refractivity contribution < 1.29 is 13.5 Å². The average Bonchev–Trinajstić information content (AvgIpc) is 3.19. The lowest BCUT2D eigenvalue weighted by Gasteiger charge is -2.11. The van der Waals surface area contributed by atoms with Gasteiger partial charge in [-0.2, -0.15) is 5.10 Å². The summed E-state index contributed by atoms with van der Waals surface area (Å²) in [5, 5.41) is 20.2. The SMILES string of the molecule is CN1c2ccc(Nc3cc([C@H]4CC[C@@H](O)C4)[nH]n3)cc2CS1(=O)=O. The number of hydrogen-bond acceptors (Lipinski definition) is 5. The average molecular weight is 348 g/mol. The van der Waals surface area contributed by atoms with E-state index in [2.05, 4.69) is 15.5 Å². The van der Waals surface area contributed by atoms with E-state index < -0.39 is 10.0 Å². The second kappa shape index (κ2) is 5.49. The van der Waals surface area contributed by atoms with Crippen molar-refractivity contribution in [2.75, 3.05) is 16.7 Å². The van der Waals surface area contributed by atoms with Crippen LogP contribution in [0.2, 0.25) is 0 Å². The number of anilines is 3. The van der Waals surface area contributed by atoms with Gasteiger partial charge in [0.25, 0.3) is 0 Å². The smallest absolute Gasteiger partial charge is 0.239 e. The van der Waals surface area contributed by atoms with Crippen LogP contribution in [0.5, 0.6) is 0 Å². The van der Waals surface area contributed by atoms with Crippen molar-refractivity contribution in [3.8, 4) is 0 Å². The molecule has 24 heavy (non-hydrogen) atoms. The zero-order valence-corrected chi connectivity index (χ0v) is 14.2. The lowest BCUT2D eigenvalue weighted by molar-refractivity contribution is 0.181. The van der Waals surface area contributed by atoms with Gasteiger partial charge in [-0.05, 0) is 43.0 Å². The third-order valence-corrected chi connectivity index (χ3v) is 6.60. The third-order valence-electron chi connectivity index (χ3n) is 4.89. The number of fused-ring (bicyclic) bond motifs is 1. The van der Waals surface area contributed by atoms with Crippen LogP contribution in [-0.4, -0.2) is 36.9 Å². The Morgan fingerprint density at radius 2 is 2.17 bits per heavy atom. The molecule has 4 rings (SSSR count). The molecule has 2 heterocycles. The zero-order valence-electron chi connectivity index (χ0n) is 13.4. The van der Waals surface area contributed by atoms with E-state index in [1.54, 1.807) is 7.05 Å². The van der Waals surface area contributed by atoms with Crippen LogP contribution in [0, 0.1) is 0 Å². The normalized spacial score (nSPS) is 25.0. The number of H-pyrrole nitrogens is 1. The predicted octanol–water partition coefficient (Wildman–Crippen LogP) is 2.06. The summed E-state index contributed by atoms with van der Waals surface area (Å²) in [5.41, 5.74) is 3.35. The van der Waals surface area contributed by atoms with Gasteiger partial charge in [-0.1, -0.05) is 0 Å². The highest BCUT2D eigenvalue weighted by atomic mass is 32.2. The molecule has 1 aromatic heterocycles. The van der Waals surface area contributed by atoms with Gasteiger partial charge in [-0.3, -0.25) is 9.40 Å². The fourth-order valence-electron chi connectivity index (χ4n) is 3.53. The van der Waals surface area contributed by atoms with Gasteiger partial charge in [0.2, 0.25) is 10.0 Å². The molecule has 1 fully saturated rings. The number of nitrogens with one attached hydrogen (secondary N) is 2. The Hall–Kier alpha value is -2.06. The molecule has 2 atom stereocenters. The monoisotopic (exact) mass is 348 g/mol. The van der Waals surface area contributed by atoms with E-state index in [4.69, 9.17) is 0 Å². The first-order valence-corrected chi connectivity index (χ1v) is 9.63. The van der Waals surface area contributed by atoms with E-state index in [1.807, 2.05) is 24.3 Å². The Labute approximate surface area is 140 Å². The van der Waals surface area contributed by atoms with Gasteiger partial charge >= 0.3 is 0 Å². The molecular weight excluding hydrogens is 328 g/mol. The largest absolute Gasteiger partial charge is 0.393 e. The van der Waals surface area contributed by atoms with E-state index in [0.717, 1.165) is 41.9 Å². The summed E-state index contributed by atoms with van der Waals surface area (Å²) in [6.45, 7) is 0. The minimum atomic E-state index is -3.23. The van der Waals surface area contributed by atoms with Crippen LogP contribution < -0.4 is 9.62 Å². The highest BCUT2D eigenvalue weighted by Crippen LogP contribution is 2.36. The van der Waals surface area contributed by atoms with E-state index in [9.17, 15) is 13.5 Å². The Morgan fingerprint density at radius 1 is 1.33 bits per heavy atom. The van der Waals surface area contributed by atoms with E-state index in [1.165, 1.54) is 4.31 Å². The quantitative estimate of drug-likeness (QED) is 0.789. The molecule has 8 heteroatoms. The maximum atomic E-state index is 11.9. The molecule has 7 nitrogen and oxygen atoms in total. The Balaban J connectivity index is 1.52. The summed E-state index contributed by atoms with van der Waals surface area (Å²) in [7, 11) is -1.65. The molecule has 0 radical (unpaired) electrons. The fourth-order valence-corrected chi connectivity index (χ4v) is 4.82. The van der Waals surface area contributed by atoms with Crippen molar-refractivity contribution in [3.05, 3.63) is 35.5 Å². The standard InChI is InChI=1S/C16H20N4O3S/c1-20-15-5-3-12(6-11(15)9-24(20,22)23)17-16-8-14(18-19-16)10-2-4-13(21)7-10/h3,5-6,8,10,13,21H,2,4,7,9H2,1H3,(H2,17,18,19)/t10-,13+/m0/s1. The van der Waals surface area contributed by atoms with Crippen LogP contribution in [0.4, 0.5) is 17.2 Å². The summed E-state index contributed by atoms with van der Waals surface area (Å²) in [6.07, 6.45) is 2.35. The minimum Gasteiger partial charge on any atom is -0.393 e. The first-order chi connectivity index (χ1) is 11.4. The summed E-state index contributed by atoms with van der Waals surface area (Å²) >= 11 is 0. The van der Waals surface area contributed by atoms with Crippen LogP contribution in [0.1, 0.15) is 36.4 Å². The number of rotatable bonds is 3. The van der Waals surface area contributed by atoms with Crippen LogP contribution in [0.3, 0.4) is 0 Å². The van der Waals surface area contributed by atoms with Crippen LogP contribution in [-0.2, 0) is 15.8 Å². The molecule has 0 spiro atoms. The zero-order chi connectivity index (χ0) is 16.9. The molecule has 3 N–H and O–H groups in total. The number of hydrogen-bond donors (Lipinski definition) is 3. The molecule has 0 bridgehead atoms. The lowest BCUT2D eigenvalue weighted by atomic mass is 10.0. The van der Waals surface area contributed by atoms with Gasteiger partial charge in [0.1, 0.15) is 0 Å². The number of nitrogens with zero attached hydrogens (tertiary/aromatic N) is 2. The van der Waals surface area contributed by atoms with E-state index in [-0.39, 0.29) is 11.9 Å². The fraction of sp³-hybridized carbons (Fsp3) is 0.438. The predicted molar refractivity (Wildman–Crippen MR) is 91.9 cm³/mol. The lowest BCUT2D eigenvalue weighted by Crippen LogP contribution is -2.20. The molecular formula is C16H20N4O3S. The number of benzene rings is 1. The first kappa shape index (κ1) is 15.5. The van der Waals surface area contributed by atoms with Gasteiger partial charge < -0.3 is 10.4 Å². The molecule has 1 saturated carbocycles. The summed E-state index contributed by atoms with van der Waals surface area (Å²) in [6, 6.07) is 7.47. The number of aromatic nitrogens is 2. The number of aliphatic hydroxyl groups is 1. The van der Waals surface area contributed by atoms with Gasteiger partial charge in [0, 0.05) is 30.4 Å². The van der Waals surface area contributed by atoms with E-state index >= 15 is 0 Å². The number of sulfonamides is 1. The molecule has 1 aliphatic heterocycles. The third kappa shape index (κ3) is 2.65. The molecule has 0 saturated heterocycles. The van der Waals surface area contributed by atoms with Gasteiger partial charge in [0.15, 0.2) is 5.82 Å². The molecule has 0 unspecified atom stereocenters. The van der Waals surface area contributed by atoms with Gasteiger partial charge in [-0.15, -0.1) is 0 Å². The summed E-state index contributed by atoms with van der Waals surface area (Å²) in [4.78, 5) is 0. The highest BCUT2D eigenvalue weighted by molar-refractivity contribution is 7.92. The van der Waals surface area contributed by atoms with Crippen LogP contribution in [0.15, 0.2) is 24.3 Å². The first-order valence-electron chi connectivity index (χ1n) is 8.02. The second-order valence-electron chi connectivity index (χ2n) is 6.56. The van der Waals surface area contributed by atoms with Crippen LogP contribution >= 0.6 is 0 Å². The molecule has 2 aromatic rings. The maximum Gasteiger partial charge on any atom is 0.239 e. The maximum absolute atomic E-state index is 11.9. The van der Waals surface area contributed by atoms with Crippen LogP contribution in [0.25, 0.3) is 0 Å². The molecule has 128 valence electrons. The number of aromatic amines is 1. The minimum absolute atomic E-state index is 0.0279. The van der Waals surface area contributed by atoms with Crippen molar-refractivity contribution in [1.82, 2.24) is 10.2 Å². The highest BCUT2D eigenvalue weighted by Gasteiger charge is 2.30. The summed E-state index contributed by atoms with van der Waals surface area (Å²) in [5.74, 6) is 1.04. The van der Waals surface area contributed by atoms with Crippen molar-refractivity contribution in [2.45, 2.75) is 37.0 Å². The summed E-state index contributed by atoms with van der Waals surface area (Å²) < 4.78 is 25.2.